The Bertz CT molecular complexity index is 3110. The van der Waals surface area contributed by atoms with E-state index in [9.17, 15) is 5.11 Å². The van der Waals surface area contributed by atoms with Gasteiger partial charge in [-0.2, -0.15) is 0 Å². The highest BCUT2D eigenvalue weighted by Gasteiger charge is 2.23. The van der Waals surface area contributed by atoms with Gasteiger partial charge in [0.25, 0.3) is 0 Å². The first-order valence-corrected chi connectivity index (χ1v) is 21.9. The largest absolute Gasteiger partial charge is 0.507 e. The lowest BCUT2D eigenvalue weighted by atomic mass is 9.79. The molecule has 9 rings (SSSR count). The number of aliphatic imine (C=N–C) groups is 1. The SMILES string of the molecule is CC(C)(C)c1cc(-c2ccc(-c3cc(-c4cccc5c4oc4ccccc45)c4nc(-c5ccccc5N=Cc5cc(C(C)(C)C)ccc5O)sc4c3)cc2)cc(C(C)(C)C)c1. The van der Waals surface area contributed by atoms with Crippen LogP contribution in [0.2, 0.25) is 0 Å². The van der Waals surface area contributed by atoms with Crippen LogP contribution in [-0.4, -0.2) is 16.3 Å². The summed E-state index contributed by atoms with van der Waals surface area (Å²) in [6, 6.07) is 49.1. The van der Waals surface area contributed by atoms with Crippen molar-refractivity contribution >= 4 is 55.4 Å². The molecule has 0 radical (unpaired) electrons. The zero-order chi connectivity index (χ0) is 42.8. The number of phenols is 1. The lowest BCUT2D eigenvalue weighted by Gasteiger charge is -2.26. The molecule has 1 N–H and O–H groups in total. The summed E-state index contributed by atoms with van der Waals surface area (Å²) >= 11 is 1.67. The Morgan fingerprint density at radius 1 is 0.541 bits per heavy atom. The highest BCUT2D eigenvalue weighted by Crippen LogP contribution is 2.45. The second kappa shape index (κ2) is 15.0. The highest BCUT2D eigenvalue weighted by atomic mass is 32.1. The van der Waals surface area contributed by atoms with Gasteiger partial charge in [0.2, 0.25) is 0 Å². The van der Waals surface area contributed by atoms with Crippen LogP contribution in [-0.2, 0) is 16.2 Å². The molecule has 2 aromatic heterocycles. The molecule has 9 aromatic rings. The van der Waals surface area contributed by atoms with Crippen molar-refractivity contribution in [1.82, 2.24) is 4.98 Å². The van der Waals surface area contributed by atoms with Crippen molar-refractivity contribution in [3.05, 3.63) is 162 Å². The fraction of sp³-hybridized carbons (Fsp3) is 0.214. The predicted octanol–water partition coefficient (Wildman–Crippen LogP) is 16.2. The minimum absolute atomic E-state index is 0.0337. The number of rotatable bonds is 6. The molecule has 61 heavy (non-hydrogen) atoms. The van der Waals surface area contributed by atoms with Crippen LogP contribution >= 0.6 is 11.3 Å². The van der Waals surface area contributed by atoms with Crippen LogP contribution in [0.25, 0.3) is 76.1 Å². The van der Waals surface area contributed by atoms with E-state index in [1.807, 2.05) is 42.5 Å². The van der Waals surface area contributed by atoms with Gasteiger partial charge in [-0.05, 0) is 97.7 Å². The molecule has 304 valence electrons. The summed E-state index contributed by atoms with van der Waals surface area (Å²) in [4.78, 5) is 10.4. The molecule has 0 aliphatic rings. The van der Waals surface area contributed by atoms with Crippen LogP contribution in [0.15, 0.2) is 149 Å². The number of furan rings is 1. The number of hydrogen-bond donors (Lipinski definition) is 1. The first-order valence-electron chi connectivity index (χ1n) is 21.1. The molecule has 5 heteroatoms. The van der Waals surface area contributed by atoms with E-state index in [4.69, 9.17) is 14.4 Å². The van der Waals surface area contributed by atoms with Gasteiger partial charge in [0.1, 0.15) is 21.9 Å². The Balaban J connectivity index is 1.19. The summed E-state index contributed by atoms with van der Waals surface area (Å²) in [5.74, 6) is 0.201. The van der Waals surface area contributed by atoms with Gasteiger partial charge in [0.05, 0.1) is 15.9 Å². The maximum absolute atomic E-state index is 10.8. The quantitative estimate of drug-likeness (QED) is 0.170. The number of aromatic nitrogens is 1. The van der Waals surface area contributed by atoms with E-state index in [0.717, 1.165) is 76.2 Å². The number of phenolic OH excluding ortho intramolecular Hbond substituents is 1. The Morgan fingerprint density at radius 2 is 1.15 bits per heavy atom. The Labute approximate surface area is 363 Å². The fourth-order valence-electron chi connectivity index (χ4n) is 8.02. The molecule has 0 aliphatic heterocycles. The molecule has 2 heterocycles. The van der Waals surface area contributed by atoms with E-state index in [1.54, 1.807) is 23.6 Å². The molecule has 0 spiro atoms. The van der Waals surface area contributed by atoms with Crippen LogP contribution in [0, 0.1) is 0 Å². The fourth-order valence-corrected chi connectivity index (χ4v) is 9.09. The third kappa shape index (κ3) is 7.79. The highest BCUT2D eigenvalue weighted by molar-refractivity contribution is 7.21. The number of aromatic hydroxyl groups is 1. The number of para-hydroxylation sites is 3. The summed E-state index contributed by atoms with van der Waals surface area (Å²) in [5.41, 5.74) is 15.5. The van der Waals surface area contributed by atoms with E-state index < -0.39 is 0 Å². The minimum Gasteiger partial charge on any atom is -0.507 e. The lowest BCUT2D eigenvalue weighted by molar-refractivity contribution is 0.473. The Morgan fingerprint density at radius 3 is 1.84 bits per heavy atom. The average Bonchev–Trinajstić information content (AvgIpc) is 3.84. The van der Waals surface area contributed by atoms with E-state index in [-0.39, 0.29) is 22.0 Å². The second-order valence-electron chi connectivity index (χ2n) is 19.3. The molecule has 0 amide bonds. The maximum atomic E-state index is 10.8. The monoisotopic (exact) mass is 816 g/mol. The van der Waals surface area contributed by atoms with Gasteiger partial charge in [0.15, 0.2) is 0 Å². The topological polar surface area (TPSA) is 58.6 Å². The number of hydrogen-bond acceptors (Lipinski definition) is 5. The standard InChI is InChI=1S/C56H52N2O2S/c1-54(2,3)39-25-26-48(59)38(29-39)33-57-47-19-12-10-16-45(47)53-58-51-46(44-18-14-17-43-42-15-11-13-20-49(42)60-52(43)44)30-37(31-50(51)61-53)35-23-21-34(22-24-35)36-27-40(55(4,5)6)32-41(28-36)56(7,8)9/h10-33,59H,1-9H3. The predicted molar refractivity (Wildman–Crippen MR) is 260 cm³/mol. The van der Waals surface area contributed by atoms with Gasteiger partial charge in [0, 0.05) is 39.2 Å². The van der Waals surface area contributed by atoms with E-state index in [2.05, 4.69) is 153 Å². The summed E-state index contributed by atoms with van der Waals surface area (Å²) in [6.45, 7) is 20.2. The first-order chi connectivity index (χ1) is 29.0. The van der Waals surface area contributed by atoms with Crippen molar-refractivity contribution in [2.45, 2.75) is 78.6 Å². The van der Waals surface area contributed by atoms with Crippen molar-refractivity contribution < 1.29 is 9.52 Å². The first kappa shape index (κ1) is 40.1. The van der Waals surface area contributed by atoms with Crippen molar-refractivity contribution in [1.29, 1.82) is 0 Å². The van der Waals surface area contributed by atoms with Gasteiger partial charge in [-0.3, -0.25) is 4.99 Å². The van der Waals surface area contributed by atoms with Crippen LogP contribution in [0.1, 0.15) is 84.6 Å². The van der Waals surface area contributed by atoms with E-state index >= 15 is 0 Å². The number of benzene rings is 7. The van der Waals surface area contributed by atoms with Crippen LogP contribution < -0.4 is 0 Å². The molecular formula is C56H52N2O2S. The van der Waals surface area contributed by atoms with Crippen LogP contribution in [0.3, 0.4) is 0 Å². The number of thiazole rings is 1. The van der Waals surface area contributed by atoms with E-state index in [0.29, 0.717) is 5.56 Å². The Hall–Kier alpha value is -6.30. The zero-order valence-electron chi connectivity index (χ0n) is 36.5. The molecule has 0 bridgehead atoms. The zero-order valence-corrected chi connectivity index (χ0v) is 37.3. The molecule has 7 aromatic carbocycles. The minimum atomic E-state index is -0.0608. The van der Waals surface area contributed by atoms with Gasteiger partial charge >= 0.3 is 0 Å². The van der Waals surface area contributed by atoms with Crippen molar-refractivity contribution in [2.24, 2.45) is 4.99 Å². The van der Waals surface area contributed by atoms with Gasteiger partial charge in [-0.1, -0.05) is 159 Å². The summed E-state index contributed by atoms with van der Waals surface area (Å²) in [7, 11) is 0. The summed E-state index contributed by atoms with van der Waals surface area (Å²) in [5, 5.41) is 13.8. The van der Waals surface area contributed by atoms with Gasteiger partial charge < -0.3 is 9.52 Å². The van der Waals surface area contributed by atoms with Crippen molar-refractivity contribution in [3.8, 4) is 49.7 Å². The molecule has 0 saturated heterocycles. The third-order valence-corrected chi connectivity index (χ3v) is 12.8. The summed E-state index contributed by atoms with van der Waals surface area (Å²) < 4.78 is 7.69. The number of fused-ring (bicyclic) bond motifs is 4. The Kier molecular flexibility index (Phi) is 9.87. The van der Waals surface area contributed by atoms with Crippen LogP contribution in [0.4, 0.5) is 5.69 Å². The molecule has 0 fully saturated rings. The van der Waals surface area contributed by atoms with Crippen LogP contribution in [0.5, 0.6) is 5.75 Å². The molecule has 0 unspecified atom stereocenters. The summed E-state index contributed by atoms with van der Waals surface area (Å²) in [6.07, 6.45) is 1.76. The third-order valence-electron chi connectivity index (χ3n) is 11.8. The molecule has 0 aliphatic carbocycles. The molecule has 0 atom stereocenters. The van der Waals surface area contributed by atoms with Crippen molar-refractivity contribution in [2.75, 3.05) is 0 Å². The maximum Gasteiger partial charge on any atom is 0.143 e. The number of nitrogens with zero attached hydrogens (tertiary/aromatic N) is 2. The van der Waals surface area contributed by atoms with Gasteiger partial charge in [-0.25, -0.2) is 4.98 Å². The molecule has 0 saturated carbocycles. The average molecular weight is 817 g/mol. The smallest absolute Gasteiger partial charge is 0.143 e. The molecule has 4 nitrogen and oxygen atoms in total. The normalized spacial score (nSPS) is 12.7. The van der Waals surface area contributed by atoms with Crippen molar-refractivity contribution in [3.63, 3.8) is 0 Å². The lowest BCUT2D eigenvalue weighted by Crippen LogP contribution is -2.16. The molecular weight excluding hydrogens is 765 g/mol. The second-order valence-corrected chi connectivity index (χ2v) is 20.4. The van der Waals surface area contributed by atoms with E-state index in [1.165, 1.54) is 22.3 Å². The van der Waals surface area contributed by atoms with Gasteiger partial charge in [-0.15, -0.1) is 11.3 Å².